The van der Waals surface area contributed by atoms with E-state index >= 15 is 0 Å². The molecule has 2 fully saturated rings. The molecule has 0 aromatic heterocycles. The first-order chi connectivity index (χ1) is 7.97. The van der Waals surface area contributed by atoms with Gasteiger partial charge in [-0.2, -0.15) is 4.31 Å². The lowest BCUT2D eigenvalue weighted by molar-refractivity contribution is -0.140. The fraction of sp³-hybridized carbons (Fsp3) is 0.900. The van der Waals surface area contributed by atoms with Crippen molar-refractivity contribution in [2.75, 3.05) is 11.5 Å². The van der Waals surface area contributed by atoms with Crippen molar-refractivity contribution in [1.29, 1.82) is 0 Å². The van der Waals surface area contributed by atoms with Gasteiger partial charge in [-0.3, -0.25) is 4.79 Å². The molecule has 5 nitrogen and oxygen atoms in total. The smallest absolute Gasteiger partial charge is 0.322 e. The maximum Gasteiger partial charge on any atom is 0.322 e. The van der Waals surface area contributed by atoms with Crippen molar-refractivity contribution in [3.05, 3.63) is 0 Å². The summed E-state index contributed by atoms with van der Waals surface area (Å²) in [4.78, 5) is 11.1. The first-order valence-corrected chi connectivity index (χ1v) is 8.48. The van der Waals surface area contributed by atoms with Crippen LogP contribution < -0.4 is 0 Å². The van der Waals surface area contributed by atoms with Crippen molar-refractivity contribution >= 4 is 27.8 Å². The van der Waals surface area contributed by atoms with Crippen molar-refractivity contribution < 1.29 is 18.3 Å². The van der Waals surface area contributed by atoms with Crippen LogP contribution in [0.4, 0.5) is 0 Å². The molecule has 2 unspecified atom stereocenters. The number of hydrogen-bond acceptors (Lipinski definition) is 4. The van der Waals surface area contributed by atoms with Crippen LogP contribution in [0.2, 0.25) is 0 Å². The molecule has 2 atom stereocenters. The summed E-state index contributed by atoms with van der Waals surface area (Å²) in [5.74, 6) is -0.253. The van der Waals surface area contributed by atoms with Gasteiger partial charge in [-0.1, -0.05) is 6.92 Å². The van der Waals surface area contributed by atoms with Gasteiger partial charge in [0.15, 0.2) is 0 Å². The Kier molecular flexibility index (Phi) is 3.70. The summed E-state index contributed by atoms with van der Waals surface area (Å²) >= 11 is 1.48. The van der Waals surface area contributed by atoms with Crippen molar-refractivity contribution in [1.82, 2.24) is 4.31 Å². The van der Waals surface area contributed by atoms with E-state index in [0.717, 1.165) is 12.8 Å². The number of aliphatic carboxylic acids is 1. The van der Waals surface area contributed by atoms with Gasteiger partial charge in [0.1, 0.15) is 6.04 Å². The van der Waals surface area contributed by atoms with Crippen LogP contribution >= 0.6 is 11.8 Å². The highest BCUT2D eigenvalue weighted by atomic mass is 32.2. The molecule has 1 aliphatic heterocycles. The van der Waals surface area contributed by atoms with Crippen molar-refractivity contribution in [3.8, 4) is 0 Å². The largest absolute Gasteiger partial charge is 0.480 e. The molecule has 7 heteroatoms. The minimum atomic E-state index is -3.43. The topological polar surface area (TPSA) is 74.7 Å². The normalized spacial score (nSPS) is 30.6. The van der Waals surface area contributed by atoms with E-state index in [1.807, 2.05) is 0 Å². The molecule has 98 valence electrons. The van der Waals surface area contributed by atoms with Crippen molar-refractivity contribution in [2.45, 2.75) is 37.6 Å². The third-order valence-corrected chi connectivity index (χ3v) is 6.72. The van der Waals surface area contributed by atoms with E-state index in [4.69, 9.17) is 5.11 Å². The predicted molar refractivity (Wildman–Crippen MR) is 66.3 cm³/mol. The maximum absolute atomic E-state index is 12.1. The number of hydrogen-bond donors (Lipinski definition) is 1. The standard InChI is InChI=1S/C10H17NO4S2/c1-2-5-17(14,15)11-8(10(12)13)6-16-9(11)7-3-4-7/h7-9H,2-6H2,1H3,(H,12,13). The zero-order valence-corrected chi connectivity index (χ0v) is 11.3. The Bertz CT molecular complexity index is 405. The lowest BCUT2D eigenvalue weighted by atomic mass is 10.3. The second kappa shape index (κ2) is 4.78. The first kappa shape index (κ1) is 13.2. The molecule has 0 spiro atoms. The molecule has 1 aliphatic carbocycles. The molecule has 0 aromatic carbocycles. The van der Waals surface area contributed by atoms with Gasteiger partial charge in [-0.15, -0.1) is 11.8 Å². The summed E-state index contributed by atoms with van der Waals surface area (Å²) in [5.41, 5.74) is 0. The van der Waals surface area contributed by atoms with Gasteiger partial charge >= 0.3 is 5.97 Å². The third kappa shape index (κ3) is 2.61. The van der Waals surface area contributed by atoms with Gasteiger partial charge in [0.2, 0.25) is 10.0 Å². The SMILES string of the molecule is CCCS(=O)(=O)N1C(C(=O)O)CSC1C1CC1. The number of carboxylic acids is 1. The fourth-order valence-electron chi connectivity index (χ4n) is 2.13. The predicted octanol–water partition coefficient (Wildman–Crippen LogP) is 0.964. The van der Waals surface area contributed by atoms with Crippen molar-refractivity contribution in [2.24, 2.45) is 5.92 Å². The fourth-order valence-corrected chi connectivity index (χ4v) is 6.09. The monoisotopic (exact) mass is 279 g/mol. The van der Waals surface area contributed by atoms with Gasteiger partial charge in [0.25, 0.3) is 0 Å². The van der Waals surface area contributed by atoms with E-state index < -0.39 is 22.0 Å². The third-order valence-electron chi connectivity index (χ3n) is 3.08. The molecular formula is C10H17NO4S2. The van der Waals surface area contributed by atoms with Gasteiger partial charge < -0.3 is 5.11 Å². The van der Waals surface area contributed by atoms with Crippen LogP contribution in [-0.4, -0.2) is 46.7 Å². The van der Waals surface area contributed by atoms with Crippen LogP contribution in [-0.2, 0) is 14.8 Å². The number of nitrogens with zero attached hydrogens (tertiary/aromatic N) is 1. The summed E-state index contributed by atoms with van der Waals surface area (Å²) in [6.45, 7) is 1.79. The Morgan fingerprint density at radius 3 is 2.59 bits per heavy atom. The molecule has 1 saturated carbocycles. The van der Waals surface area contributed by atoms with Crippen LogP contribution in [0.5, 0.6) is 0 Å². The minimum Gasteiger partial charge on any atom is -0.480 e. The van der Waals surface area contributed by atoms with E-state index in [1.165, 1.54) is 16.1 Å². The Balaban J connectivity index is 2.25. The van der Waals surface area contributed by atoms with E-state index in [2.05, 4.69) is 0 Å². The highest BCUT2D eigenvalue weighted by Crippen LogP contribution is 2.46. The molecule has 0 bridgehead atoms. The zero-order chi connectivity index (χ0) is 12.6. The number of thioether (sulfide) groups is 1. The molecule has 17 heavy (non-hydrogen) atoms. The van der Waals surface area contributed by atoms with Crippen LogP contribution in [0, 0.1) is 5.92 Å². The second-order valence-corrected chi connectivity index (χ2v) is 7.70. The molecule has 0 radical (unpaired) electrons. The molecule has 1 saturated heterocycles. The Labute approximate surface area is 106 Å². The van der Waals surface area contributed by atoms with E-state index in [0.29, 0.717) is 18.1 Å². The lowest BCUT2D eigenvalue weighted by Crippen LogP contribution is -2.47. The van der Waals surface area contributed by atoms with Crippen LogP contribution in [0.3, 0.4) is 0 Å². The molecule has 2 rings (SSSR count). The van der Waals surface area contributed by atoms with Crippen LogP contribution in [0.25, 0.3) is 0 Å². The molecule has 0 aromatic rings. The van der Waals surface area contributed by atoms with Crippen molar-refractivity contribution in [3.63, 3.8) is 0 Å². The summed E-state index contributed by atoms with van der Waals surface area (Å²) in [6.07, 6.45) is 2.55. The summed E-state index contributed by atoms with van der Waals surface area (Å²) < 4.78 is 25.5. The number of rotatable bonds is 5. The Hall–Kier alpha value is -0.270. The van der Waals surface area contributed by atoms with Gasteiger partial charge in [-0.25, -0.2) is 8.42 Å². The Morgan fingerprint density at radius 1 is 1.47 bits per heavy atom. The Morgan fingerprint density at radius 2 is 2.12 bits per heavy atom. The molecular weight excluding hydrogens is 262 g/mol. The van der Waals surface area contributed by atoms with Crippen LogP contribution in [0.1, 0.15) is 26.2 Å². The lowest BCUT2D eigenvalue weighted by Gasteiger charge is -2.26. The number of carboxylic acid groups (broad SMARTS) is 1. The summed E-state index contributed by atoms with van der Waals surface area (Å²) in [5, 5.41) is 8.97. The molecule has 1 N–H and O–H groups in total. The maximum atomic E-state index is 12.1. The molecule has 1 heterocycles. The average Bonchev–Trinajstić information content (AvgIpc) is 2.96. The quantitative estimate of drug-likeness (QED) is 0.811. The highest BCUT2D eigenvalue weighted by Gasteiger charge is 2.50. The summed E-state index contributed by atoms with van der Waals surface area (Å²) in [6, 6.07) is -0.873. The average molecular weight is 279 g/mol. The van der Waals surface area contributed by atoms with Gasteiger partial charge in [0.05, 0.1) is 11.1 Å². The van der Waals surface area contributed by atoms with E-state index in [1.54, 1.807) is 6.92 Å². The highest BCUT2D eigenvalue weighted by molar-refractivity contribution is 8.01. The summed E-state index contributed by atoms with van der Waals surface area (Å²) in [7, 11) is -3.43. The molecule has 0 amide bonds. The van der Waals surface area contributed by atoms with E-state index in [9.17, 15) is 13.2 Å². The van der Waals surface area contributed by atoms with E-state index in [-0.39, 0.29) is 11.1 Å². The van der Waals surface area contributed by atoms with Crippen LogP contribution in [0.15, 0.2) is 0 Å². The zero-order valence-electron chi connectivity index (χ0n) is 9.70. The van der Waals surface area contributed by atoms with Gasteiger partial charge in [-0.05, 0) is 25.2 Å². The first-order valence-electron chi connectivity index (χ1n) is 5.83. The number of carbonyl (C=O) groups is 1. The minimum absolute atomic E-state index is 0.0422. The second-order valence-electron chi connectivity index (χ2n) is 4.56. The van der Waals surface area contributed by atoms with Gasteiger partial charge in [0, 0.05) is 5.75 Å². The molecule has 2 aliphatic rings. The number of sulfonamides is 1.